The van der Waals surface area contributed by atoms with Crippen molar-refractivity contribution in [1.82, 2.24) is 23.7 Å². The Kier molecular flexibility index (Phi) is 5.16. The molecule has 1 saturated carbocycles. The number of halogens is 6. The Labute approximate surface area is 198 Å². The van der Waals surface area contributed by atoms with E-state index in [-0.39, 0.29) is 28.9 Å². The maximum absolute atomic E-state index is 15.7. The molecule has 7 nitrogen and oxygen atoms in total. The number of pyridine rings is 1. The van der Waals surface area contributed by atoms with Gasteiger partial charge < -0.3 is 4.57 Å². The fourth-order valence-corrected chi connectivity index (χ4v) is 4.82. The van der Waals surface area contributed by atoms with Crippen LogP contribution in [0.1, 0.15) is 46.3 Å². The van der Waals surface area contributed by atoms with Crippen molar-refractivity contribution in [3.8, 4) is 5.69 Å². The van der Waals surface area contributed by atoms with E-state index in [9.17, 15) is 31.5 Å². The molecule has 1 atom stereocenters. The summed E-state index contributed by atoms with van der Waals surface area (Å²) in [4.78, 5) is 24.2. The van der Waals surface area contributed by atoms with E-state index < -0.39 is 53.3 Å². The van der Waals surface area contributed by atoms with Crippen molar-refractivity contribution in [1.29, 1.82) is 0 Å². The summed E-state index contributed by atoms with van der Waals surface area (Å²) in [6, 6.07) is 6.14. The van der Waals surface area contributed by atoms with Crippen LogP contribution in [0, 0.1) is 0 Å². The molecule has 0 N–H and O–H groups in total. The summed E-state index contributed by atoms with van der Waals surface area (Å²) in [6.07, 6.45) is -5.14. The highest BCUT2D eigenvalue weighted by atomic mass is 19.4. The molecule has 1 aliphatic carbocycles. The number of aryl methyl sites for hydroxylation is 1. The van der Waals surface area contributed by atoms with Gasteiger partial charge in [0.15, 0.2) is 18.3 Å². The van der Waals surface area contributed by atoms with Gasteiger partial charge in [-0.3, -0.25) is 13.8 Å². The molecule has 3 heterocycles. The van der Waals surface area contributed by atoms with E-state index in [1.807, 2.05) is 0 Å². The largest absolute Gasteiger partial charge is 0.418 e. The first-order valence-electron chi connectivity index (χ1n) is 10.6. The Morgan fingerprint density at radius 2 is 1.86 bits per heavy atom. The highest BCUT2D eigenvalue weighted by molar-refractivity contribution is 5.77. The normalized spacial score (nSPS) is 17.6. The van der Waals surface area contributed by atoms with Gasteiger partial charge in [-0.15, -0.1) is 10.2 Å². The average molecular weight is 509 g/mol. The van der Waals surface area contributed by atoms with Gasteiger partial charge in [-0.05, 0) is 23.8 Å². The van der Waals surface area contributed by atoms with Gasteiger partial charge in [0, 0.05) is 43.3 Å². The highest BCUT2D eigenvalue weighted by Gasteiger charge is 2.62. The van der Waals surface area contributed by atoms with Gasteiger partial charge >= 0.3 is 11.9 Å². The van der Waals surface area contributed by atoms with E-state index in [2.05, 4.69) is 10.2 Å². The number of carbonyl (C=O) groups excluding carboxylic acids is 1. The molecule has 1 aromatic carbocycles. The van der Waals surface area contributed by atoms with Crippen LogP contribution in [0.4, 0.5) is 26.3 Å². The van der Waals surface area contributed by atoms with E-state index in [1.165, 1.54) is 42.2 Å². The molecule has 0 amide bonds. The lowest BCUT2D eigenvalue weighted by atomic mass is 9.59. The second kappa shape index (κ2) is 7.80. The Balaban J connectivity index is 1.66. The van der Waals surface area contributed by atoms with Crippen LogP contribution in [0.2, 0.25) is 0 Å². The zero-order valence-electron chi connectivity index (χ0n) is 18.5. The van der Waals surface area contributed by atoms with Crippen LogP contribution in [0.5, 0.6) is 0 Å². The molecule has 0 aliphatic heterocycles. The Morgan fingerprint density at radius 1 is 1.14 bits per heavy atom. The fourth-order valence-electron chi connectivity index (χ4n) is 4.82. The number of rotatable bonds is 5. The van der Waals surface area contributed by atoms with E-state index >= 15 is 4.39 Å². The maximum Gasteiger partial charge on any atom is 0.418 e. The number of imidazole rings is 1. The SMILES string of the molecule is Cn1cnnc1C(F)C1(c2cccc(-n3cc4c(C(F)(F)F)cc(C=O)cn4c3=O)c2)CC(F)(F)C1. The lowest BCUT2D eigenvalue weighted by Crippen LogP contribution is -2.52. The van der Waals surface area contributed by atoms with Crippen LogP contribution in [0.15, 0.2) is 53.8 Å². The second-order valence-corrected chi connectivity index (χ2v) is 8.92. The molecule has 4 aromatic rings. The smallest absolute Gasteiger partial charge is 0.318 e. The molecular formula is C23H17F6N5O2. The third kappa shape index (κ3) is 3.60. The minimum atomic E-state index is -4.86. The van der Waals surface area contributed by atoms with Gasteiger partial charge in [-0.1, -0.05) is 12.1 Å². The molecule has 13 heteroatoms. The molecule has 188 valence electrons. The first kappa shape index (κ1) is 23.8. The minimum absolute atomic E-state index is 0.0433. The highest BCUT2D eigenvalue weighted by Crippen LogP contribution is 2.60. The maximum atomic E-state index is 15.7. The van der Waals surface area contributed by atoms with Gasteiger partial charge in [-0.25, -0.2) is 18.0 Å². The molecular weight excluding hydrogens is 492 g/mol. The molecule has 36 heavy (non-hydrogen) atoms. The summed E-state index contributed by atoms with van der Waals surface area (Å²) < 4.78 is 87.6. The molecule has 0 radical (unpaired) electrons. The van der Waals surface area contributed by atoms with Gasteiger partial charge in [0.1, 0.15) is 6.33 Å². The monoisotopic (exact) mass is 509 g/mol. The van der Waals surface area contributed by atoms with E-state index in [1.54, 1.807) is 0 Å². The zero-order chi connectivity index (χ0) is 26.0. The standard InChI is InChI=1S/C23H17F6N5O2/c1-32-12-30-31-19(32)18(24)21(10-22(25,26)11-21)14-3-2-4-15(6-14)33-8-17-16(23(27,28)29)5-13(9-35)7-34(17)20(33)36/h2-9,12,18H,10-11H2,1H3. The van der Waals surface area contributed by atoms with Crippen molar-refractivity contribution < 1.29 is 31.1 Å². The van der Waals surface area contributed by atoms with Crippen LogP contribution >= 0.6 is 0 Å². The minimum Gasteiger partial charge on any atom is -0.318 e. The predicted octanol–water partition coefficient (Wildman–Crippen LogP) is 4.43. The van der Waals surface area contributed by atoms with Crippen LogP contribution < -0.4 is 5.69 Å². The first-order valence-corrected chi connectivity index (χ1v) is 10.6. The molecule has 3 aromatic heterocycles. The van der Waals surface area contributed by atoms with Crippen LogP contribution in [-0.2, 0) is 18.6 Å². The number of aldehydes is 1. The Hall–Kier alpha value is -3.90. The Morgan fingerprint density at radius 3 is 2.44 bits per heavy atom. The summed E-state index contributed by atoms with van der Waals surface area (Å²) in [6.45, 7) is 0. The number of fused-ring (bicyclic) bond motifs is 1. The van der Waals surface area contributed by atoms with Crippen molar-refractivity contribution in [2.24, 2.45) is 7.05 Å². The van der Waals surface area contributed by atoms with Crippen molar-refractivity contribution in [3.05, 3.63) is 82.1 Å². The van der Waals surface area contributed by atoms with Crippen LogP contribution in [0.25, 0.3) is 11.2 Å². The lowest BCUT2D eigenvalue weighted by Gasteiger charge is -2.49. The predicted molar refractivity (Wildman–Crippen MR) is 114 cm³/mol. The zero-order valence-corrected chi connectivity index (χ0v) is 18.5. The van der Waals surface area contributed by atoms with E-state index in [0.29, 0.717) is 10.5 Å². The summed E-state index contributed by atoms with van der Waals surface area (Å²) in [5.74, 6) is -3.29. The topological polar surface area (TPSA) is 74.2 Å². The third-order valence-corrected chi connectivity index (χ3v) is 6.54. The lowest BCUT2D eigenvalue weighted by molar-refractivity contribution is -0.151. The summed E-state index contributed by atoms with van der Waals surface area (Å²) in [5, 5.41) is 7.32. The quantitative estimate of drug-likeness (QED) is 0.295. The molecule has 1 fully saturated rings. The van der Waals surface area contributed by atoms with Crippen molar-refractivity contribution in [3.63, 3.8) is 0 Å². The number of nitrogens with zero attached hydrogens (tertiary/aromatic N) is 5. The van der Waals surface area contributed by atoms with Gasteiger partial charge in [0.05, 0.1) is 16.8 Å². The Bertz CT molecular complexity index is 1540. The fraction of sp³-hybridized carbons (Fsp3) is 0.304. The summed E-state index contributed by atoms with van der Waals surface area (Å²) in [7, 11) is 1.47. The van der Waals surface area contributed by atoms with Crippen LogP contribution in [-0.4, -0.2) is 35.9 Å². The molecule has 5 rings (SSSR count). The average Bonchev–Trinajstić information content (AvgIpc) is 3.38. The van der Waals surface area contributed by atoms with Gasteiger partial charge in [0.25, 0.3) is 0 Å². The molecule has 0 spiro atoms. The summed E-state index contributed by atoms with van der Waals surface area (Å²) in [5.41, 5.74) is -4.49. The number of alkyl halides is 6. The van der Waals surface area contributed by atoms with Crippen molar-refractivity contribution in [2.75, 3.05) is 0 Å². The molecule has 1 unspecified atom stereocenters. The number of aromatic nitrogens is 5. The third-order valence-electron chi connectivity index (χ3n) is 6.54. The van der Waals surface area contributed by atoms with Gasteiger partial charge in [-0.2, -0.15) is 13.2 Å². The molecule has 1 aliphatic rings. The van der Waals surface area contributed by atoms with Crippen molar-refractivity contribution >= 4 is 11.8 Å². The summed E-state index contributed by atoms with van der Waals surface area (Å²) >= 11 is 0. The number of benzene rings is 1. The first-order chi connectivity index (χ1) is 16.9. The number of hydrogen-bond donors (Lipinski definition) is 0. The van der Waals surface area contributed by atoms with Crippen molar-refractivity contribution in [2.45, 2.75) is 36.5 Å². The number of hydrogen-bond acceptors (Lipinski definition) is 4. The second-order valence-electron chi connectivity index (χ2n) is 8.92. The molecule has 0 saturated heterocycles. The van der Waals surface area contributed by atoms with E-state index in [4.69, 9.17) is 0 Å². The van der Waals surface area contributed by atoms with Gasteiger partial charge in [0.2, 0.25) is 5.92 Å². The molecule has 0 bridgehead atoms. The van der Waals surface area contributed by atoms with E-state index in [0.717, 1.165) is 17.0 Å². The number of carbonyl (C=O) groups is 1. The van der Waals surface area contributed by atoms with Crippen LogP contribution in [0.3, 0.4) is 0 Å².